The van der Waals surface area contributed by atoms with Gasteiger partial charge in [0.25, 0.3) is 0 Å². The summed E-state index contributed by atoms with van der Waals surface area (Å²) >= 11 is 1.65. The van der Waals surface area contributed by atoms with E-state index in [9.17, 15) is 0 Å². The van der Waals surface area contributed by atoms with Crippen LogP contribution in [0.2, 0.25) is 0 Å². The number of ether oxygens (including phenoxy) is 1. The number of aliphatic imine (C=N–C) groups is 1. The first kappa shape index (κ1) is 23.6. The minimum Gasteiger partial charge on any atom is -0.375 e. The number of likely N-dealkylation sites (N-methyl/N-ethyl adjacent to an activating group) is 1. The molecule has 1 fully saturated rings. The molecule has 1 aliphatic rings. The fourth-order valence-electron chi connectivity index (χ4n) is 3.30. The van der Waals surface area contributed by atoms with Gasteiger partial charge in [-0.15, -0.1) is 35.3 Å². The fraction of sp³-hybridized carbons (Fsp3) is 0.778. The van der Waals surface area contributed by atoms with Gasteiger partial charge in [-0.05, 0) is 32.9 Å². The van der Waals surface area contributed by atoms with Crippen molar-refractivity contribution in [3.05, 3.63) is 16.1 Å². The van der Waals surface area contributed by atoms with E-state index < -0.39 is 0 Å². The summed E-state index contributed by atoms with van der Waals surface area (Å²) < 4.78 is 5.34. The third-order valence-electron chi connectivity index (χ3n) is 4.89. The number of methoxy groups -OCH3 is 1. The summed E-state index contributed by atoms with van der Waals surface area (Å²) in [5.41, 5.74) is 1.06. The van der Waals surface area contributed by atoms with Crippen LogP contribution in [0.15, 0.2) is 10.4 Å². The summed E-state index contributed by atoms with van der Waals surface area (Å²) in [4.78, 5) is 13.8. The quantitative estimate of drug-likeness (QED) is 0.357. The highest BCUT2D eigenvalue weighted by Gasteiger charge is 2.21. The first-order chi connectivity index (χ1) is 12.1. The van der Waals surface area contributed by atoms with Crippen molar-refractivity contribution in [1.29, 1.82) is 0 Å². The number of piperidine rings is 1. The van der Waals surface area contributed by atoms with Crippen molar-refractivity contribution >= 4 is 41.3 Å². The van der Waals surface area contributed by atoms with Crippen LogP contribution in [0.4, 0.5) is 0 Å². The number of halogens is 1. The molecule has 1 N–H and O–H groups in total. The molecule has 26 heavy (non-hydrogen) atoms. The number of nitrogens with one attached hydrogen (secondary N) is 1. The van der Waals surface area contributed by atoms with Gasteiger partial charge in [-0.3, -0.25) is 9.89 Å². The molecule has 2 rings (SSSR count). The number of guanidine groups is 1. The van der Waals surface area contributed by atoms with Crippen molar-refractivity contribution in [2.75, 3.05) is 40.8 Å². The maximum absolute atomic E-state index is 5.34. The summed E-state index contributed by atoms with van der Waals surface area (Å²) in [6, 6.07) is 0.609. The molecular formula is C18H34IN5OS. The van der Waals surface area contributed by atoms with Crippen LogP contribution in [-0.2, 0) is 11.3 Å². The van der Waals surface area contributed by atoms with E-state index in [-0.39, 0.29) is 30.1 Å². The molecule has 150 valence electrons. The Balaban J connectivity index is 0.00000338. The van der Waals surface area contributed by atoms with Gasteiger partial charge in [-0.2, -0.15) is 0 Å². The molecule has 0 amide bonds. The van der Waals surface area contributed by atoms with Crippen molar-refractivity contribution in [2.45, 2.75) is 51.8 Å². The lowest BCUT2D eigenvalue weighted by molar-refractivity contribution is 0.119. The summed E-state index contributed by atoms with van der Waals surface area (Å²) in [5, 5.41) is 6.68. The lowest BCUT2D eigenvalue weighted by Crippen LogP contribution is -2.49. The average molecular weight is 495 g/mol. The molecule has 0 aromatic carbocycles. The molecule has 1 aromatic heterocycles. The minimum atomic E-state index is 0. The van der Waals surface area contributed by atoms with Crippen molar-refractivity contribution in [2.24, 2.45) is 4.99 Å². The molecule has 2 unspecified atom stereocenters. The minimum absolute atomic E-state index is 0. The van der Waals surface area contributed by atoms with Crippen LogP contribution in [-0.4, -0.2) is 67.6 Å². The Labute approximate surface area is 179 Å². The summed E-state index contributed by atoms with van der Waals surface area (Å²) in [5.74, 6) is 0.927. The van der Waals surface area contributed by atoms with E-state index in [1.807, 2.05) is 14.0 Å². The molecule has 2 heterocycles. The molecule has 0 radical (unpaired) electrons. The van der Waals surface area contributed by atoms with Gasteiger partial charge < -0.3 is 15.0 Å². The Bertz CT molecular complexity index is 553. The Hall–Kier alpha value is -0.450. The average Bonchev–Trinajstić information content (AvgIpc) is 3.10. The first-order valence-electron chi connectivity index (χ1n) is 9.21. The highest BCUT2D eigenvalue weighted by molar-refractivity contribution is 14.0. The van der Waals surface area contributed by atoms with Crippen LogP contribution >= 0.6 is 35.3 Å². The lowest BCUT2D eigenvalue weighted by atomic mass is 10.0. The van der Waals surface area contributed by atoms with Gasteiger partial charge >= 0.3 is 0 Å². The van der Waals surface area contributed by atoms with Crippen molar-refractivity contribution in [3.63, 3.8) is 0 Å². The molecule has 1 saturated heterocycles. The molecule has 0 bridgehead atoms. The van der Waals surface area contributed by atoms with Crippen molar-refractivity contribution in [1.82, 2.24) is 20.1 Å². The van der Waals surface area contributed by atoms with Crippen LogP contribution in [0.1, 0.15) is 49.9 Å². The predicted octanol–water partition coefficient (Wildman–Crippen LogP) is 3.35. The Kier molecular flexibility index (Phi) is 11.0. The van der Waals surface area contributed by atoms with Crippen LogP contribution in [0.5, 0.6) is 0 Å². The topological polar surface area (TPSA) is 53.0 Å². The second kappa shape index (κ2) is 12.1. The number of nitrogens with zero attached hydrogens (tertiary/aromatic N) is 4. The zero-order valence-electron chi connectivity index (χ0n) is 16.7. The van der Waals surface area contributed by atoms with Crippen molar-refractivity contribution < 1.29 is 4.74 Å². The fourth-order valence-corrected chi connectivity index (χ4v) is 4.14. The number of hydrogen-bond donors (Lipinski definition) is 1. The van der Waals surface area contributed by atoms with Gasteiger partial charge in [0.1, 0.15) is 11.1 Å². The molecule has 0 aliphatic carbocycles. The van der Waals surface area contributed by atoms with Gasteiger partial charge in [0, 0.05) is 39.2 Å². The highest BCUT2D eigenvalue weighted by Crippen LogP contribution is 2.21. The zero-order chi connectivity index (χ0) is 18.2. The first-order valence-corrected chi connectivity index (χ1v) is 10.1. The maximum Gasteiger partial charge on any atom is 0.193 e. The molecule has 2 atom stereocenters. The van der Waals surface area contributed by atoms with E-state index in [4.69, 9.17) is 4.74 Å². The normalized spacial score (nSPS) is 19.7. The van der Waals surface area contributed by atoms with Crippen molar-refractivity contribution in [3.8, 4) is 0 Å². The van der Waals surface area contributed by atoms with Crippen LogP contribution in [0.25, 0.3) is 0 Å². The smallest absolute Gasteiger partial charge is 0.193 e. The third-order valence-corrected chi connectivity index (χ3v) is 5.95. The SMILES string of the molecule is CCN1CCCCC1CNC(=NC)N(C)Cc1csc(C(C)OC)n1.I. The van der Waals surface area contributed by atoms with Crippen LogP contribution in [0, 0.1) is 0 Å². The second-order valence-corrected chi connectivity index (χ2v) is 7.51. The second-order valence-electron chi connectivity index (χ2n) is 6.62. The summed E-state index contributed by atoms with van der Waals surface area (Å²) in [6.07, 6.45) is 3.97. The van der Waals surface area contributed by atoms with E-state index in [1.54, 1.807) is 18.4 Å². The molecule has 6 nitrogen and oxygen atoms in total. The molecule has 1 aliphatic heterocycles. The van der Waals surface area contributed by atoms with Gasteiger partial charge in [0.15, 0.2) is 5.96 Å². The monoisotopic (exact) mass is 495 g/mol. The number of rotatable bonds is 7. The summed E-state index contributed by atoms with van der Waals surface area (Å²) in [7, 11) is 5.62. The predicted molar refractivity (Wildman–Crippen MR) is 121 cm³/mol. The van der Waals surface area contributed by atoms with Gasteiger partial charge in [-0.1, -0.05) is 13.3 Å². The molecule has 0 saturated carbocycles. The van der Waals surface area contributed by atoms with Crippen LogP contribution in [0.3, 0.4) is 0 Å². The molecule has 0 spiro atoms. The van der Waals surface area contributed by atoms with E-state index in [0.29, 0.717) is 6.04 Å². The number of hydrogen-bond acceptors (Lipinski definition) is 5. The standard InChI is InChI=1S/C18H33N5OS.HI/c1-6-23-10-8-7-9-16(23)11-20-18(19-3)22(4)12-15-13-25-17(21-15)14(2)24-5;/h13-14,16H,6-12H2,1-5H3,(H,19,20);1H. The maximum atomic E-state index is 5.34. The van der Waals surface area contributed by atoms with Gasteiger partial charge in [-0.25, -0.2) is 4.98 Å². The lowest BCUT2D eigenvalue weighted by Gasteiger charge is -2.35. The van der Waals surface area contributed by atoms with E-state index in [0.717, 1.165) is 36.3 Å². The Morgan fingerprint density at radius 2 is 2.31 bits per heavy atom. The van der Waals surface area contributed by atoms with Gasteiger partial charge in [0.05, 0.1) is 12.2 Å². The van der Waals surface area contributed by atoms with E-state index in [1.165, 1.54) is 25.8 Å². The zero-order valence-corrected chi connectivity index (χ0v) is 19.8. The van der Waals surface area contributed by atoms with E-state index >= 15 is 0 Å². The Morgan fingerprint density at radius 3 is 2.96 bits per heavy atom. The summed E-state index contributed by atoms with van der Waals surface area (Å²) in [6.45, 7) is 8.32. The number of aromatic nitrogens is 1. The molecule has 8 heteroatoms. The third kappa shape index (κ3) is 6.61. The van der Waals surface area contributed by atoms with Gasteiger partial charge in [0.2, 0.25) is 0 Å². The largest absolute Gasteiger partial charge is 0.375 e. The highest BCUT2D eigenvalue weighted by atomic mass is 127. The Morgan fingerprint density at radius 1 is 1.54 bits per heavy atom. The number of thiazole rings is 1. The molecular weight excluding hydrogens is 461 g/mol. The molecule has 1 aromatic rings. The van der Waals surface area contributed by atoms with Crippen LogP contribution < -0.4 is 5.32 Å². The number of likely N-dealkylation sites (tertiary alicyclic amines) is 1. The van der Waals surface area contributed by atoms with E-state index in [2.05, 4.69) is 44.4 Å².